The van der Waals surface area contributed by atoms with Gasteiger partial charge in [0.2, 0.25) is 0 Å². The number of likely N-dealkylation sites (N-methyl/N-ethyl adjacent to an activating group) is 1. The Kier molecular flexibility index (Phi) is 7.39. The van der Waals surface area contributed by atoms with Gasteiger partial charge in [-0.15, -0.1) is 0 Å². The lowest BCUT2D eigenvalue weighted by Crippen LogP contribution is -2.41. The number of nitrogens with zero attached hydrogens (tertiary/aromatic N) is 4. The zero-order chi connectivity index (χ0) is 16.5. The molecule has 1 saturated carbocycles. The largest absolute Gasteiger partial charge is 0.379 e. The lowest BCUT2D eigenvalue weighted by molar-refractivity contribution is 0.115. The highest BCUT2D eigenvalue weighted by Crippen LogP contribution is 2.28. The fourth-order valence-electron chi connectivity index (χ4n) is 2.47. The topological polar surface area (TPSA) is 54.7 Å². The molecule has 0 unspecified atom stereocenters. The van der Waals surface area contributed by atoms with E-state index in [9.17, 15) is 0 Å². The Morgan fingerprint density at radius 3 is 2.96 bits per heavy atom. The zero-order valence-electron chi connectivity index (χ0n) is 14.8. The first-order chi connectivity index (χ1) is 11.2. The number of hydrogen-bond acceptors (Lipinski definition) is 3. The summed E-state index contributed by atoms with van der Waals surface area (Å²) in [6, 6.07) is 0. The van der Waals surface area contributed by atoms with Gasteiger partial charge in [0, 0.05) is 52.7 Å². The van der Waals surface area contributed by atoms with Crippen molar-refractivity contribution in [2.75, 3.05) is 40.4 Å². The molecule has 6 nitrogen and oxygen atoms in total. The summed E-state index contributed by atoms with van der Waals surface area (Å²) in [4.78, 5) is 10.7. The minimum Gasteiger partial charge on any atom is -0.379 e. The van der Waals surface area contributed by atoms with Crippen molar-refractivity contribution in [2.45, 2.75) is 39.2 Å². The van der Waals surface area contributed by atoms with Gasteiger partial charge in [-0.3, -0.25) is 4.99 Å². The average Bonchev–Trinajstić information content (AvgIpc) is 3.29. The van der Waals surface area contributed by atoms with Crippen molar-refractivity contribution in [3.05, 3.63) is 18.2 Å². The van der Waals surface area contributed by atoms with Crippen LogP contribution in [0.15, 0.2) is 17.4 Å². The van der Waals surface area contributed by atoms with E-state index in [1.54, 1.807) is 0 Å². The molecule has 0 radical (unpaired) electrons. The lowest BCUT2D eigenvalue weighted by atomic mass is 10.3. The van der Waals surface area contributed by atoms with Gasteiger partial charge < -0.3 is 19.5 Å². The molecule has 1 aromatic rings. The second-order valence-electron chi connectivity index (χ2n) is 6.29. The first-order valence-corrected chi connectivity index (χ1v) is 8.68. The smallest absolute Gasteiger partial charge is 0.193 e. The summed E-state index contributed by atoms with van der Waals surface area (Å²) in [6.07, 6.45) is 8.83. The number of hydrogen-bond donors (Lipinski definition) is 1. The Balaban J connectivity index is 1.53. The number of aromatic nitrogens is 2. The van der Waals surface area contributed by atoms with Crippen LogP contribution in [-0.2, 0) is 11.3 Å². The molecule has 130 valence electrons. The molecule has 1 N–H and O–H groups in total. The Bertz CT molecular complexity index is 481. The van der Waals surface area contributed by atoms with Gasteiger partial charge in [0.15, 0.2) is 5.96 Å². The van der Waals surface area contributed by atoms with Gasteiger partial charge in [-0.25, -0.2) is 4.98 Å². The van der Waals surface area contributed by atoms with Crippen LogP contribution in [0, 0.1) is 12.8 Å². The Morgan fingerprint density at radius 1 is 1.48 bits per heavy atom. The predicted octanol–water partition coefficient (Wildman–Crippen LogP) is 1.91. The highest BCUT2D eigenvalue weighted by atomic mass is 16.5. The molecule has 2 rings (SSSR count). The van der Waals surface area contributed by atoms with Crippen molar-refractivity contribution >= 4 is 5.96 Å². The fourth-order valence-corrected chi connectivity index (χ4v) is 2.47. The molecule has 0 bridgehead atoms. The molecular weight excluding hydrogens is 290 g/mol. The van der Waals surface area contributed by atoms with E-state index >= 15 is 0 Å². The van der Waals surface area contributed by atoms with Crippen LogP contribution in [0.3, 0.4) is 0 Å². The lowest BCUT2D eigenvalue weighted by Gasteiger charge is -2.22. The number of aryl methyl sites for hydroxylation is 2. The van der Waals surface area contributed by atoms with Crippen LogP contribution in [0.5, 0.6) is 0 Å². The molecule has 1 aromatic heterocycles. The van der Waals surface area contributed by atoms with Crippen molar-refractivity contribution in [1.82, 2.24) is 19.8 Å². The number of imidazole rings is 1. The Hall–Kier alpha value is -1.56. The van der Waals surface area contributed by atoms with Crippen LogP contribution < -0.4 is 5.32 Å². The minimum absolute atomic E-state index is 0.771. The molecule has 0 aliphatic heterocycles. The molecule has 0 amide bonds. The third-order valence-corrected chi connectivity index (χ3v) is 4.23. The van der Waals surface area contributed by atoms with E-state index in [1.807, 2.05) is 26.4 Å². The highest BCUT2D eigenvalue weighted by Gasteiger charge is 2.21. The standard InChI is InChI=1S/C17H31N5O/c1-15-19-9-11-22(15)10-5-4-8-20-17(18-2)21(3)12-13-23-14-16-6-7-16/h9,11,16H,4-8,10,12-14H2,1-3H3,(H,18,20). The number of ether oxygens (including phenoxy) is 1. The maximum atomic E-state index is 5.69. The molecule has 6 heteroatoms. The quantitative estimate of drug-likeness (QED) is 0.406. The Labute approximate surface area is 139 Å². The third-order valence-electron chi connectivity index (χ3n) is 4.23. The molecule has 0 atom stereocenters. The van der Waals surface area contributed by atoms with E-state index in [1.165, 1.54) is 12.8 Å². The van der Waals surface area contributed by atoms with E-state index in [4.69, 9.17) is 4.74 Å². The number of aliphatic imine (C=N–C) groups is 1. The molecule has 1 aliphatic carbocycles. The first-order valence-electron chi connectivity index (χ1n) is 8.68. The van der Waals surface area contributed by atoms with Gasteiger partial charge in [-0.2, -0.15) is 0 Å². The summed E-state index contributed by atoms with van der Waals surface area (Å²) in [7, 11) is 3.89. The number of guanidine groups is 1. The van der Waals surface area contributed by atoms with E-state index in [0.717, 1.165) is 63.4 Å². The average molecular weight is 321 g/mol. The van der Waals surface area contributed by atoms with Gasteiger partial charge in [0.1, 0.15) is 5.82 Å². The van der Waals surface area contributed by atoms with Gasteiger partial charge >= 0.3 is 0 Å². The highest BCUT2D eigenvalue weighted by molar-refractivity contribution is 5.79. The number of unbranched alkanes of at least 4 members (excludes halogenated alkanes) is 1. The molecule has 23 heavy (non-hydrogen) atoms. The minimum atomic E-state index is 0.771. The molecule has 0 saturated heterocycles. The number of rotatable bonds is 10. The van der Waals surface area contributed by atoms with E-state index in [-0.39, 0.29) is 0 Å². The summed E-state index contributed by atoms with van der Waals surface area (Å²) in [5, 5.41) is 3.42. The summed E-state index contributed by atoms with van der Waals surface area (Å²) < 4.78 is 7.88. The maximum absolute atomic E-state index is 5.69. The van der Waals surface area contributed by atoms with Crippen LogP contribution in [0.1, 0.15) is 31.5 Å². The zero-order valence-corrected chi connectivity index (χ0v) is 14.8. The summed E-state index contributed by atoms with van der Waals surface area (Å²) >= 11 is 0. The summed E-state index contributed by atoms with van der Waals surface area (Å²) in [5.74, 6) is 2.86. The molecule has 1 fully saturated rings. The van der Waals surface area contributed by atoms with Crippen LogP contribution in [-0.4, -0.2) is 60.8 Å². The molecule has 0 aromatic carbocycles. The van der Waals surface area contributed by atoms with Crippen LogP contribution in [0.4, 0.5) is 0 Å². The van der Waals surface area contributed by atoms with Gasteiger partial charge in [-0.05, 0) is 38.5 Å². The van der Waals surface area contributed by atoms with E-state index < -0.39 is 0 Å². The SMILES string of the molecule is CN=C(NCCCCn1ccnc1C)N(C)CCOCC1CC1. The van der Waals surface area contributed by atoms with Crippen molar-refractivity contribution in [3.63, 3.8) is 0 Å². The van der Waals surface area contributed by atoms with Crippen molar-refractivity contribution in [3.8, 4) is 0 Å². The van der Waals surface area contributed by atoms with Crippen LogP contribution in [0.2, 0.25) is 0 Å². The second-order valence-corrected chi connectivity index (χ2v) is 6.29. The van der Waals surface area contributed by atoms with Gasteiger partial charge in [-0.1, -0.05) is 0 Å². The fraction of sp³-hybridized carbons (Fsp3) is 0.765. The molecular formula is C17H31N5O. The van der Waals surface area contributed by atoms with Crippen molar-refractivity contribution in [1.29, 1.82) is 0 Å². The monoisotopic (exact) mass is 321 g/mol. The van der Waals surface area contributed by atoms with Crippen LogP contribution >= 0.6 is 0 Å². The molecule has 1 aliphatic rings. The van der Waals surface area contributed by atoms with Gasteiger partial charge in [0.05, 0.1) is 6.61 Å². The van der Waals surface area contributed by atoms with Crippen molar-refractivity contribution < 1.29 is 4.74 Å². The van der Waals surface area contributed by atoms with E-state index in [2.05, 4.69) is 31.8 Å². The Morgan fingerprint density at radius 2 is 2.30 bits per heavy atom. The summed E-state index contributed by atoms with van der Waals surface area (Å²) in [6.45, 7) is 6.58. The van der Waals surface area contributed by atoms with Gasteiger partial charge in [0.25, 0.3) is 0 Å². The summed E-state index contributed by atoms with van der Waals surface area (Å²) in [5.41, 5.74) is 0. The second kappa shape index (κ2) is 9.55. The normalized spacial score (nSPS) is 15.0. The van der Waals surface area contributed by atoms with Crippen LogP contribution in [0.25, 0.3) is 0 Å². The van der Waals surface area contributed by atoms with Crippen molar-refractivity contribution in [2.24, 2.45) is 10.9 Å². The third kappa shape index (κ3) is 6.60. The van der Waals surface area contributed by atoms with E-state index in [0.29, 0.717) is 0 Å². The first kappa shape index (κ1) is 17.8. The number of nitrogens with one attached hydrogen (secondary N) is 1. The molecule has 1 heterocycles. The predicted molar refractivity (Wildman–Crippen MR) is 93.7 cm³/mol. The molecule has 0 spiro atoms. The maximum Gasteiger partial charge on any atom is 0.193 e.